The molecule has 0 N–H and O–H groups in total. The molecule has 0 aromatic carbocycles. The van der Waals surface area contributed by atoms with Crippen molar-refractivity contribution in [2.45, 2.75) is 13.0 Å². The van der Waals surface area contributed by atoms with Crippen LogP contribution in [0, 0.1) is 3.70 Å². The summed E-state index contributed by atoms with van der Waals surface area (Å²) in [4.78, 5) is 8.39. The average Bonchev–Trinajstić information content (AvgIpc) is 2.62. The van der Waals surface area contributed by atoms with Crippen LogP contribution in [-0.4, -0.2) is 21.6 Å². The molecule has 2 aromatic heterocycles. The normalized spacial score (nSPS) is 10.6. The number of allylic oxidation sites excluding steroid dienone is 1. The third kappa shape index (κ3) is 1.91. The molecular weight excluding hydrogens is 317 g/mol. The number of halogens is 1. The number of fused-ring (bicyclic) bond motifs is 1. The summed E-state index contributed by atoms with van der Waals surface area (Å²) in [6.45, 7) is 4.61. The van der Waals surface area contributed by atoms with E-state index in [4.69, 9.17) is 4.74 Å². The summed E-state index contributed by atoms with van der Waals surface area (Å²) in [6.07, 6.45) is 4.36. The quantitative estimate of drug-likeness (QED) is 0.639. The van der Waals surface area contributed by atoms with Crippen molar-refractivity contribution in [2.24, 2.45) is 0 Å². The maximum absolute atomic E-state index is 5.21. The zero-order chi connectivity index (χ0) is 11.5. The van der Waals surface area contributed by atoms with Crippen LogP contribution in [0.1, 0.15) is 6.42 Å². The molecular formula is C11H12IN3O. The first-order valence-electron chi connectivity index (χ1n) is 4.92. The predicted molar refractivity (Wildman–Crippen MR) is 71.6 cm³/mol. The Morgan fingerprint density at radius 3 is 3.06 bits per heavy atom. The van der Waals surface area contributed by atoms with Crippen molar-refractivity contribution in [1.82, 2.24) is 14.5 Å². The fourth-order valence-corrected chi connectivity index (χ4v) is 2.39. The Balaban J connectivity index is 2.56. The van der Waals surface area contributed by atoms with Crippen molar-refractivity contribution < 1.29 is 4.74 Å². The van der Waals surface area contributed by atoms with Gasteiger partial charge >= 0.3 is 0 Å². The highest BCUT2D eigenvalue weighted by Crippen LogP contribution is 2.26. The van der Waals surface area contributed by atoms with Gasteiger partial charge in [-0.2, -0.15) is 0 Å². The van der Waals surface area contributed by atoms with Gasteiger partial charge in [0.2, 0.25) is 5.88 Å². The van der Waals surface area contributed by atoms with Crippen LogP contribution in [0.2, 0.25) is 0 Å². The molecule has 0 amide bonds. The highest BCUT2D eigenvalue weighted by Gasteiger charge is 2.11. The third-order valence-electron chi connectivity index (χ3n) is 2.35. The maximum Gasteiger partial charge on any atom is 0.225 e. The molecule has 4 nitrogen and oxygen atoms in total. The van der Waals surface area contributed by atoms with Gasteiger partial charge in [0.05, 0.1) is 16.2 Å². The zero-order valence-corrected chi connectivity index (χ0v) is 11.1. The summed E-state index contributed by atoms with van der Waals surface area (Å²) < 4.78 is 8.49. The van der Waals surface area contributed by atoms with Gasteiger partial charge in [-0.25, -0.2) is 9.97 Å². The fourth-order valence-electron chi connectivity index (χ4n) is 1.61. The second-order valence-corrected chi connectivity index (χ2v) is 4.42. The Kier molecular flexibility index (Phi) is 3.42. The second kappa shape index (κ2) is 4.82. The lowest BCUT2D eigenvalue weighted by Crippen LogP contribution is -2.00. The summed E-state index contributed by atoms with van der Waals surface area (Å²) in [5, 5.41) is 0.957. The first kappa shape index (κ1) is 11.4. The van der Waals surface area contributed by atoms with E-state index in [-0.39, 0.29) is 0 Å². The van der Waals surface area contributed by atoms with E-state index in [1.54, 1.807) is 7.11 Å². The minimum Gasteiger partial charge on any atom is -0.480 e. The maximum atomic E-state index is 5.21. The number of methoxy groups -OCH3 is 1. The highest BCUT2D eigenvalue weighted by atomic mass is 127. The van der Waals surface area contributed by atoms with Gasteiger partial charge in [0.15, 0.2) is 0 Å². The Morgan fingerprint density at radius 1 is 1.56 bits per heavy atom. The van der Waals surface area contributed by atoms with E-state index in [1.807, 2.05) is 12.1 Å². The van der Waals surface area contributed by atoms with Gasteiger partial charge < -0.3 is 9.30 Å². The molecule has 0 fully saturated rings. The molecule has 0 atom stereocenters. The minimum atomic E-state index is 0.625. The number of nitrogens with zero attached hydrogens (tertiary/aromatic N) is 3. The van der Waals surface area contributed by atoms with Crippen LogP contribution in [0.5, 0.6) is 5.88 Å². The number of hydrogen-bond donors (Lipinski definition) is 0. The molecule has 0 aliphatic rings. The van der Waals surface area contributed by atoms with Crippen molar-refractivity contribution in [3.8, 4) is 5.88 Å². The molecule has 0 bridgehead atoms. The molecule has 2 heterocycles. The molecule has 0 aliphatic heterocycles. The van der Waals surface area contributed by atoms with Gasteiger partial charge in [0, 0.05) is 6.54 Å². The van der Waals surface area contributed by atoms with Gasteiger partial charge in [0.25, 0.3) is 0 Å². The van der Waals surface area contributed by atoms with E-state index in [9.17, 15) is 0 Å². The summed E-state index contributed by atoms with van der Waals surface area (Å²) in [6, 6.07) is 2.04. The average molecular weight is 329 g/mol. The number of rotatable bonds is 4. The van der Waals surface area contributed by atoms with Crippen molar-refractivity contribution in [3.63, 3.8) is 0 Å². The lowest BCUT2D eigenvalue weighted by atomic mass is 10.4. The molecule has 0 spiro atoms. The van der Waals surface area contributed by atoms with E-state index in [1.165, 1.54) is 6.33 Å². The molecule has 16 heavy (non-hydrogen) atoms. The topological polar surface area (TPSA) is 39.9 Å². The molecule has 0 radical (unpaired) electrons. The van der Waals surface area contributed by atoms with E-state index in [2.05, 4.69) is 43.7 Å². The lowest BCUT2D eigenvalue weighted by Gasteiger charge is -2.04. The Morgan fingerprint density at radius 2 is 2.38 bits per heavy atom. The lowest BCUT2D eigenvalue weighted by molar-refractivity contribution is 0.402. The number of hydrogen-bond acceptors (Lipinski definition) is 3. The molecule has 2 aromatic rings. The first-order valence-corrected chi connectivity index (χ1v) is 6.00. The minimum absolute atomic E-state index is 0.625. The molecule has 84 valence electrons. The zero-order valence-electron chi connectivity index (χ0n) is 8.98. The van der Waals surface area contributed by atoms with Crippen LogP contribution >= 0.6 is 22.6 Å². The molecule has 5 heteroatoms. The largest absolute Gasteiger partial charge is 0.480 e. The smallest absolute Gasteiger partial charge is 0.225 e. The van der Waals surface area contributed by atoms with Crippen molar-refractivity contribution in [2.75, 3.05) is 7.11 Å². The van der Waals surface area contributed by atoms with E-state index < -0.39 is 0 Å². The highest BCUT2D eigenvalue weighted by molar-refractivity contribution is 14.1. The van der Waals surface area contributed by atoms with Gasteiger partial charge in [0.1, 0.15) is 12.0 Å². The SMILES string of the molecule is C=CCCn1c(I)cc2c(OC)ncnc21. The van der Waals surface area contributed by atoms with Crippen molar-refractivity contribution >= 4 is 33.6 Å². The van der Waals surface area contributed by atoms with Gasteiger partial charge in [-0.1, -0.05) is 6.08 Å². The van der Waals surface area contributed by atoms with Gasteiger partial charge in [-0.15, -0.1) is 6.58 Å². The van der Waals surface area contributed by atoms with E-state index >= 15 is 0 Å². The van der Waals surface area contributed by atoms with Crippen LogP contribution in [0.25, 0.3) is 11.0 Å². The number of aromatic nitrogens is 3. The standard InChI is InChI=1S/C11H12IN3O/c1-3-4-5-15-9(12)6-8-10(15)13-7-14-11(8)16-2/h3,6-7H,1,4-5H2,2H3. The van der Waals surface area contributed by atoms with Crippen molar-refractivity contribution in [3.05, 3.63) is 28.7 Å². The molecule has 0 aliphatic carbocycles. The predicted octanol–water partition coefficient (Wildman–Crippen LogP) is 2.62. The van der Waals surface area contributed by atoms with Crippen LogP contribution < -0.4 is 4.74 Å². The Hall–Kier alpha value is -1.11. The molecule has 0 saturated heterocycles. The van der Waals surface area contributed by atoms with Crippen LogP contribution in [0.15, 0.2) is 25.0 Å². The van der Waals surface area contributed by atoms with Crippen molar-refractivity contribution in [1.29, 1.82) is 0 Å². The van der Waals surface area contributed by atoms with E-state index in [0.29, 0.717) is 5.88 Å². The first-order chi connectivity index (χ1) is 7.77. The third-order valence-corrected chi connectivity index (χ3v) is 3.25. The molecule has 0 unspecified atom stereocenters. The summed E-state index contributed by atoms with van der Waals surface area (Å²) in [5.74, 6) is 0.625. The van der Waals surface area contributed by atoms with Crippen LogP contribution in [0.4, 0.5) is 0 Å². The summed E-state index contributed by atoms with van der Waals surface area (Å²) >= 11 is 2.29. The Bertz CT molecular complexity index is 521. The monoisotopic (exact) mass is 329 g/mol. The van der Waals surface area contributed by atoms with Gasteiger partial charge in [-0.05, 0) is 35.1 Å². The number of ether oxygens (including phenoxy) is 1. The summed E-state index contributed by atoms with van der Waals surface area (Å²) in [7, 11) is 1.62. The molecule has 0 saturated carbocycles. The fraction of sp³-hybridized carbons (Fsp3) is 0.273. The summed E-state index contributed by atoms with van der Waals surface area (Å²) in [5.41, 5.74) is 0.915. The molecule has 2 rings (SSSR count). The van der Waals surface area contributed by atoms with Crippen LogP contribution in [-0.2, 0) is 6.54 Å². The number of aryl methyl sites for hydroxylation is 1. The Labute approximate surface area is 107 Å². The van der Waals surface area contributed by atoms with Gasteiger partial charge in [-0.3, -0.25) is 0 Å². The second-order valence-electron chi connectivity index (χ2n) is 3.32. The van der Waals surface area contributed by atoms with Crippen LogP contribution in [0.3, 0.4) is 0 Å². The van der Waals surface area contributed by atoms with E-state index in [0.717, 1.165) is 27.7 Å².